The third-order valence-corrected chi connectivity index (χ3v) is 6.86. The Labute approximate surface area is 210 Å². The zero-order valence-corrected chi connectivity index (χ0v) is 20.2. The number of carbonyl (C=O) groups excluding carboxylic acids is 2. The molecule has 2 aromatic carbocycles. The first-order valence-corrected chi connectivity index (χ1v) is 11.7. The highest BCUT2D eigenvalue weighted by Crippen LogP contribution is 2.45. The van der Waals surface area contributed by atoms with Crippen LogP contribution in [0.1, 0.15) is 54.6 Å². The van der Waals surface area contributed by atoms with Crippen LogP contribution in [0, 0.1) is 5.82 Å². The van der Waals surface area contributed by atoms with E-state index in [1.165, 1.54) is 11.0 Å². The molecule has 37 heavy (non-hydrogen) atoms. The number of carbonyl (C=O) groups is 2. The second-order valence-electron chi connectivity index (χ2n) is 9.43. The Hall–Kier alpha value is -3.83. The van der Waals surface area contributed by atoms with E-state index in [2.05, 4.69) is 15.5 Å². The minimum Gasteiger partial charge on any atom is -0.368 e. The zero-order valence-electron chi connectivity index (χ0n) is 20.2. The van der Waals surface area contributed by atoms with Gasteiger partial charge in [-0.2, -0.15) is 13.2 Å². The summed E-state index contributed by atoms with van der Waals surface area (Å²) in [6, 6.07) is 13.5. The van der Waals surface area contributed by atoms with Gasteiger partial charge in [0, 0.05) is 18.9 Å². The van der Waals surface area contributed by atoms with Gasteiger partial charge in [0.2, 0.25) is 11.8 Å². The normalized spacial score (nSPS) is 20.0. The van der Waals surface area contributed by atoms with Crippen LogP contribution in [0.15, 0.2) is 48.5 Å². The molecule has 196 valence electrons. The number of halogens is 4. The van der Waals surface area contributed by atoms with E-state index in [4.69, 9.17) is 5.73 Å². The molecule has 1 saturated heterocycles. The number of amides is 2. The average Bonchev–Trinajstić information content (AvgIpc) is 3.45. The maximum absolute atomic E-state index is 15.0. The summed E-state index contributed by atoms with van der Waals surface area (Å²) in [5.41, 5.74) is 5.98. The van der Waals surface area contributed by atoms with Gasteiger partial charge in [-0.1, -0.05) is 56.3 Å². The van der Waals surface area contributed by atoms with E-state index >= 15 is 0 Å². The van der Waals surface area contributed by atoms with Crippen LogP contribution in [0.3, 0.4) is 0 Å². The Morgan fingerprint density at radius 3 is 2.46 bits per heavy atom. The largest absolute Gasteiger partial charge is 0.453 e. The Bertz CT molecular complexity index is 1290. The van der Waals surface area contributed by atoms with E-state index in [1.807, 2.05) is 13.8 Å². The van der Waals surface area contributed by atoms with Crippen molar-refractivity contribution < 1.29 is 27.2 Å². The maximum Gasteiger partial charge on any atom is 0.453 e. The van der Waals surface area contributed by atoms with Crippen LogP contribution in [-0.2, 0) is 28.7 Å². The number of tetrazole rings is 1. The van der Waals surface area contributed by atoms with Crippen LogP contribution in [0.2, 0.25) is 0 Å². The van der Waals surface area contributed by atoms with Gasteiger partial charge in [0.1, 0.15) is 17.9 Å². The molecular formula is C25H26F4N6O2. The summed E-state index contributed by atoms with van der Waals surface area (Å²) in [4.78, 5) is 27.9. The van der Waals surface area contributed by atoms with Crippen molar-refractivity contribution in [3.63, 3.8) is 0 Å². The van der Waals surface area contributed by atoms with E-state index in [0.29, 0.717) is 21.4 Å². The van der Waals surface area contributed by atoms with Gasteiger partial charge in [-0.3, -0.25) is 9.59 Å². The van der Waals surface area contributed by atoms with Gasteiger partial charge in [0.25, 0.3) is 5.82 Å². The summed E-state index contributed by atoms with van der Waals surface area (Å²) in [5, 5.41) is 9.32. The molecule has 4 rings (SSSR count). The lowest BCUT2D eigenvalue weighted by Crippen LogP contribution is -2.60. The van der Waals surface area contributed by atoms with Crippen LogP contribution in [0.4, 0.5) is 17.6 Å². The molecule has 8 nitrogen and oxygen atoms in total. The number of benzene rings is 2. The molecule has 3 aromatic rings. The van der Waals surface area contributed by atoms with Crippen molar-refractivity contribution >= 4 is 11.8 Å². The molecule has 1 fully saturated rings. The number of primary amides is 1. The molecule has 1 aliphatic rings. The van der Waals surface area contributed by atoms with Crippen molar-refractivity contribution in [1.29, 1.82) is 0 Å². The highest BCUT2D eigenvalue weighted by molar-refractivity contribution is 5.92. The van der Waals surface area contributed by atoms with Crippen molar-refractivity contribution in [3.05, 3.63) is 76.9 Å². The standard InChI is InChI=1S/C25H26F4N6O2/c1-15(2)18-9-8-17(12-20(18)26)19-10-11-34(21(36)14-35-23(25(27,28)29)31-32-33-35)24(19,22(30)37)13-16-6-4-3-5-7-16/h3-9,12,15,19H,10-11,13-14H2,1-2H3,(H2,30,37). The number of alkyl halides is 3. The molecule has 2 heterocycles. The van der Waals surface area contributed by atoms with E-state index in [0.717, 1.165) is 0 Å². The molecule has 2 atom stereocenters. The van der Waals surface area contributed by atoms with Crippen molar-refractivity contribution in [2.24, 2.45) is 5.73 Å². The number of nitrogens with zero attached hydrogens (tertiary/aromatic N) is 5. The Morgan fingerprint density at radius 1 is 1.16 bits per heavy atom. The van der Waals surface area contributed by atoms with Gasteiger partial charge in [0.15, 0.2) is 0 Å². The van der Waals surface area contributed by atoms with Crippen LogP contribution < -0.4 is 5.73 Å². The minimum absolute atomic E-state index is 0.00509. The van der Waals surface area contributed by atoms with Crippen molar-refractivity contribution in [1.82, 2.24) is 25.1 Å². The highest BCUT2D eigenvalue weighted by Gasteiger charge is 2.56. The number of likely N-dealkylation sites (tertiary alicyclic amines) is 1. The molecule has 0 saturated carbocycles. The van der Waals surface area contributed by atoms with Crippen molar-refractivity contribution in [2.75, 3.05) is 6.54 Å². The maximum atomic E-state index is 15.0. The van der Waals surface area contributed by atoms with Gasteiger partial charge in [0.05, 0.1) is 0 Å². The van der Waals surface area contributed by atoms with Crippen molar-refractivity contribution in [3.8, 4) is 0 Å². The first-order valence-electron chi connectivity index (χ1n) is 11.7. The van der Waals surface area contributed by atoms with E-state index in [1.54, 1.807) is 42.5 Å². The summed E-state index contributed by atoms with van der Waals surface area (Å²) in [6.07, 6.45) is -4.63. The van der Waals surface area contributed by atoms with Gasteiger partial charge in [-0.25, -0.2) is 9.07 Å². The fourth-order valence-electron chi connectivity index (χ4n) is 5.15. The fraction of sp³-hybridized carbons (Fsp3) is 0.400. The van der Waals surface area contributed by atoms with Crippen molar-refractivity contribution in [2.45, 2.75) is 56.8 Å². The third kappa shape index (κ3) is 4.92. The molecule has 2 unspecified atom stereocenters. The number of rotatable bonds is 7. The second-order valence-corrected chi connectivity index (χ2v) is 9.43. The molecule has 0 bridgehead atoms. The summed E-state index contributed by atoms with van der Waals surface area (Å²) in [7, 11) is 0. The zero-order chi connectivity index (χ0) is 27.0. The number of aromatic nitrogens is 4. The van der Waals surface area contributed by atoms with Gasteiger partial charge < -0.3 is 10.6 Å². The molecule has 1 aliphatic heterocycles. The Morgan fingerprint density at radius 2 is 1.86 bits per heavy atom. The quantitative estimate of drug-likeness (QED) is 0.483. The molecule has 0 aliphatic carbocycles. The summed E-state index contributed by atoms with van der Waals surface area (Å²) < 4.78 is 55.2. The predicted molar refractivity (Wildman–Crippen MR) is 124 cm³/mol. The van der Waals surface area contributed by atoms with E-state index < -0.39 is 47.6 Å². The lowest BCUT2D eigenvalue weighted by molar-refractivity contribution is -0.151. The predicted octanol–water partition coefficient (Wildman–Crippen LogP) is 3.44. The first kappa shape index (κ1) is 26.2. The van der Waals surface area contributed by atoms with E-state index in [9.17, 15) is 27.2 Å². The first-order chi connectivity index (χ1) is 17.4. The Balaban J connectivity index is 1.78. The molecule has 0 spiro atoms. The monoisotopic (exact) mass is 518 g/mol. The van der Waals surface area contributed by atoms with Crippen LogP contribution in [-0.4, -0.2) is 49.0 Å². The molecule has 0 radical (unpaired) electrons. The Kier molecular flexibility index (Phi) is 7.03. The molecule has 1 aromatic heterocycles. The van der Waals surface area contributed by atoms with Crippen LogP contribution in [0.5, 0.6) is 0 Å². The third-order valence-electron chi connectivity index (χ3n) is 6.86. The van der Waals surface area contributed by atoms with Gasteiger partial charge >= 0.3 is 6.18 Å². The smallest absolute Gasteiger partial charge is 0.368 e. The molecule has 12 heteroatoms. The summed E-state index contributed by atoms with van der Waals surface area (Å²) >= 11 is 0. The summed E-state index contributed by atoms with van der Waals surface area (Å²) in [5.74, 6) is -4.29. The average molecular weight is 519 g/mol. The number of nitrogens with two attached hydrogens (primary N) is 1. The lowest BCUT2D eigenvalue weighted by Gasteiger charge is -2.40. The molecular weight excluding hydrogens is 492 g/mol. The molecule has 2 N–H and O–H groups in total. The summed E-state index contributed by atoms with van der Waals surface area (Å²) in [6.45, 7) is 2.88. The van der Waals surface area contributed by atoms with Crippen LogP contribution in [0.25, 0.3) is 0 Å². The SMILES string of the molecule is CC(C)c1ccc(C2CCN(C(=O)Cn3nnnc3C(F)(F)F)C2(Cc2ccccc2)C(N)=O)cc1F. The minimum atomic E-state index is -4.88. The topological polar surface area (TPSA) is 107 Å². The van der Waals surface area contributed by atoms with E-state index in [-0.39, 0.29) is 25.3 Å². The van der Waals surface area contributed by atoms with Gasteiger partial charge in [-0.05, 0) is 45.5 Å². The molecule has 2 amide bonds. The number of hydrogen-bond donors (Lipinski definition) is 1. The second kappa shape index (κ2) is 9.91. The highest BCUT2D eigenvalue weighted by atomic mass is 19.4. The van der Waals surface area contributed by atoms with Crippen LogP contribution >= 0.6 is 0 Å². The fourth-order valence-corrected chi connectivity index (χ4v) is 5.15. The lowest BCUT2D eigenvalue weighted by atomic mass is 9.75. The number of hydrogen-bond acceptors (Lipinski definition) is 5. The van der Waals surface area contributed by atoms with Gasteiger partial charge in [-0.15, -0.1) is 5.10 Å².